The fraction of sp³-hybridized carbons (Fsp3) is 0.929. The SMILES string of the molecule is CNCC1CCN(CC(=O)N2CCN(C)CC2)CC1. The van der Waals surface area contributed by atoms with Gasteiger partial charge in [-0.1, -0.05) is 0 Å². The Morgan fingerprint density at radius 2 is 1.74 bits per heavy atom. The molecule has 19 heavy (non-hydrogen) atoms. The van der Waals surface area contributed by atoms with Crippen LogP contribution in [0.1, 0.15) is 12.8 Å². The molecule has 2 saturated heterocycles. The first-order valence-electron chi connectivity index (χ1n) is 7.52. The minimum absolute atomic E-state index is 0.320. The number of rotatable bonds is 4. The number of carbonyl (C=O) groups is 1. The normalized spacial score (nSPS) is 23.8. The Bertz CT molecular complexity index is 281. The number of piperidine rings is 1. The minimum Gasteiger partial charge on any atom is -0.339 e. The third kappa shape index (κ3) is 4.44. The largest absolute Gasteiger partial charge is 0.339 e. The molecule has 2 rings (SSSR count). The summed E-state index contributed by atoms with van der Waals surface area (Å²) in [4.78, 5) is 18.9. The van der Waals surface area contributed by atoms with Crippen molar-refractivity contribution in [2.75, 3.05) is 66.5 Å². The lowest BCUT2D eigenvalue weighted by Gasteiger charge is -2.36. The van der Waals surface area contributed by atoms with E-state index in [2.05, 4.69) is 22.2 Å². The zero-order chi connectivity index (χ0) is 13.7. The summed E-state index contributed by atoms with van der Waals surface area (Å²) in [5, 5.41) is 3.25. The van der Waals surface area contributed by atoms with Gasteiger partial charge in [-0.25, -0.2) is 0 Å². The van der Waals surface area contributed by atoms with E-state index in [-0.39, 0.29) is 0 Å². The zero-order valence-corrected chi connectivity index (χ0v) is 12.4. The average molecular weight is 268 g/mol. The van der Waals surface area contributed by atoms with Gasteiger partial charge in [-0.15, -0.1) is 0 Å². The monoisotopic (exact) mass is 268 g/mol. The molecule has 2 aliphatic heterocycles. The van der Waals surface area contributed by atoms with Gasteiger partial charge in [0.05, 0.1) is 6.54 Å². The van der Waals surface area contributed by atoms with Gasteiger partial charge in [-0.05, 0) is 52.5 Å². The fourth-order valence-electron chi connectivity index (χ4n) is 2.98. The summed E-state index contributed by atoms with van der Waals surface area (Å²) in [6.45, 7) is 7.69. The van der Waals surface area contributed by atoms with Gasteiger partial charge in [0.15, 0.2) is 0 Å². The summed E-state index contributed by atoms with van der Waals surface area (Å²) in [5.74, 6) is 1.11. The van der Waals surface area contributed by atoms with Gasteiger partial charge >= 0.3 is 0 Å². The highest BCUT2D eigenvalue weighted by molar-refractivity contribution is 5.78. The summed E-state index contributed by atoms with van der Waals surface area (Å²) in [5.41, 5.74) is 0. The molecule has 0 aromatic heterocycles. The van der Waals surface area contributed by atoms with Crippen LogP contribution < -0.4 is 5.32 Å². The van der Waals surface area contributed by atoms with Crippen LogP contribution in [0.2, 0.25) is 0 Å². The Kier molecular flexibility index (Phi) is 5.60. The maximum atomic E-state index is 12.2. The quantitative estimate of drug-likeness (QED) is 0.759. The van der Waals surface area contributed by atoms with E-state index in [1.807, 2.05) is 11.9 Å². The number of likely N-dealkylation sites (tertiary alicyclic amines) is 1. The Hall–Kier alpha value is -0.650. The van der Waals surface area contributed by atoms with Crippen LogP contribution in [0.15, 0.2) is 0 Å². The lowest BCUT2D eigenvalue weighted by atomic mass is 9.97. The van der Waals surface area contributed by atoms with Gasteiger partial charge in [-0.3, -0.25) is 9.69 Å². The molecular formula is C14H28N4O. The Balaban J connectivity index is 1.69. The number of hydrogen-bond acceptors (Lipinski definition) is 4. The van der Waals surface area contributed by atoms with Gasteiger partial charge in [-0.2, -0.15) is 0 Å². The van der Waals surface area contributed by atoms with E-state index in [1.54, 1.807) is 0 Å². The Morgan fingerprint density at radius 3 is 2.32 bits per heavy atom. The maximum Gasteiger partial charge on any atom is 0.236 e. The molecule has 0 unspecified atom stereocenters. The smallest absolute Gasteiger partial charge is 0.236 e. The molecular weight excluding hydrogens is 240 g/mol. The summed E-state index contributed by atoms with van der Waals surface area (Å²) in [7, 11) is 4.14. The second kappa shape index (κ2) is 7.22. The second-order valence-corrected chi connectivity index (χ2v) is 5.96. The van der Waals surface area contributed by atoms with E-state index < -0.39 is 0 Å². The number of piperazine rings is 1. The molecule has 0 saturated carbocycles. The maximum absolute atomic E-state index is 12.2. The molecule has 0 bridgehead atoms. The Morgan fingerprint density at radius 1 is 1.11 bits per heavy atom. The average Bonchev–Trinajstić information content (AvgIpc) is 2.42. The molecule has 110 valence electrons. The zero-order valence-electron chi connectivity index (χ0n) is 12.4. The van der Waals surface area contributed by atoms with Crippen molar-refractivity contribution in [2.45, 2.75) is 12.8 Å². The van der Waals surface area contributed by atoms with Crippen molar-refractivity contribution in [2.24, 2.45) is 5.92 Å². The molecule has 0 spiro atoms. The highest BCUT2D eigenvalue weighted by Crippen LogP contribution is 2.16. The second-order valence-electron chi connectivity index (χ2n) is 5.96. The molecule has 2 heterocycles. The van der Waals surface area contributed by atoms with Crippen molar-refractivity contribution in [3.63, 3.8) is 0 Å². The highest BCUT2D eigenvalue weighted by atomic mass is 16.2. The number of likely N-dealkylation sites (N-methyl/N-ethyl adjacent to an activating group) is 1. The topological polar surface area (TPSA) is 38.8 Å². The molecule has 0 atom stereocenters. The molecule has 2 aliphatic rings. The van der Waals surface area contributed by atoms with Gasteiger partial charge in [0.25, 0.3) is 0 Å². The standard InChI is InChI=1S/C14H28N4O/c1-15-11-13-3-5-17(6-4-13)12-14(19)18-9-7-16(2)8-10-18/h13,15H,3-12H2,1-2H3. The number of nitrogens with one attached hydrogen (secondary N) is 1. The summed E-state index contributed by atoms with van der Waals surface area (Å²) < 4.78 is 0. The van der Waals surface area contributed by atoms with Crippen molar-refractivity contribution in [1.29, 1.82) is 0 Å². The fourth-order valence-corrected chi connectivity index (χ4v) is 2.98. The lowest BCUT2D eigenvalue weighted by Crippen LogP contribution is -2.51. The molecule has 5 nitrogen and oxygen atoms in total. The van der Waals surface area contributed by atoms with E-state index in [4.69, 9.17) is 0 Å². The van der Waals surface area contributed by atoms with Gasteiger partial charge in [0, 0.05) is 26.2 Å². The Labute approximate surface area is 116 Å². The van der Waals surface area contributed by atoms with Crippen molar-refractivity contribution in [3.05, 3.63) is 0 Å². The van der Waals surface area contributed by atoms with Crippen LogP contribution in [0.5, 0.6) is 0 Å². The molecule has 0 aromatic rings. The van der Waals surface area contributed by atoms with Gasteiger partial charge in [0.2, 0.25) is 5.91 Å². The first-order valence-corrected chi connectivity index (χ1v) is 7.52. The summed E-state index contributed by atoms with van der Waals surface area (Å²) in [6.07, 6.45) is 2.44. The number of hydrogen-bond donors (Lipinski definition) is 1. The van der Waals surface area contributed by atoms with Crippen molar-refractivity contribution in [1.82, 2.24) is 20.0 Å². The first-order chi connectivity index (χ1) is 9.19. The van der Waals surface area contributed by atoms with Crippen molar-refractivity contribution in [3.8, 4) is 0 Å². The van der Waals surface area contributed by atoms with Crippen LogP contribution in [0.25, 0.3) is 0 Å². The third-order valence-electron chi connectivity index (χ3n) is 4.41. The number of carbonyl (C=O) groups excluding carboxylic acids is 1. The molecule has 5 heteroatoms. The van der Waals surface area contributed by atoms with E-state index >= 15 is 0 Å². The van der Waals surface area contributed by atoms with Crippen LogP contribution >= 0.6 is 0 Å². The van der Waals surface area contributed by atoms with Crippen LogP contribution in [-0.2, 0) is 4.79 Å². The van der Waals surface area contributed by atoms with E-state index in [1.165, 1.54) is 12.8 Å². The van der Waals surface area contributed by atoms with Crippen LogP contribution in [0.4, 0.5) is 0 Å². The minimum atomic E-state index is 0.320. The third-order valence-corrected chi connectivity index (χ3v) is 4.41. The predicted molar refractivity (Wildman–Crippen MR) is 77.2 cm³/mol. The number of nitrogens with zero attached hydrogens (tertiary/aromatic N) is 3. The number of amides is 1. The highest BCUT2D eigenvalue weighted by Gasteiger charge is 2.24. The van der Waals surface area contributed by atoms with Crippen LogP contribution in [-0.4, -0.2) is 87.1 Å². The summed E-state index contributed by atoms with van der Waals surface area (Å²) in [6, 6.07) is 0. The molecule has 0 aliphatic carbocycles. The van der Waals surface area contributed by atoms with Gasteiger partial charge in [0.1, 0.15) is 0 Å². The molecule has 2 fully saturated rings. The van der Waals surface area contributed by atoms with E-state index in [9.17, 15) is 4.79 Å². The van der Waals surface area contributed by atoms with Crippen molar-refractivity contribution < 1.29 is 4.79 Å². The van der Waals surface area contributed by atoms with Gasteiger partial charge < -0.3 is 15.1 Å². The van der Waals surface area contributed by atoms with Crippen LogP contribution in [0.3, 0.4) is 0 Å². The van der Waals surface area contributed by atoms with Crippen molar-refractivity contribution >= 4 is 5.91 Å². The molecule has 1 N–H and O–H groups in total. The first kappa shape index (κ1) is 14.8. The van der Waals surface area contributed by atoms with Crippen LogP contribution in [0, 0.1) is 5.92 Å². The molecule has 0 radical (unpaired) electrons. The molecule has 0 aromatic carbocycles. The van der Waals surface area contributed by atoms with E-state index in [0.717, 1.165) is 51.7 Å². The predicted octanol–water partition coefficient (Wildman–Crippen LogP) is -0.308. The lowest BCUT2D eigenvalue weighted by molar-refractivity contribution is -0.134. The molecule has 1 amide bonds. The van der Waals surface area contributed by atoms with E-state index in [0.29, 0.717) is 12.5 Å². The summed E-state index contributed by atoms with van der Waals surface area (Å²) >= 11 is 0.